The molecule has 0 spiro atoms. The van der Waals surface area contributed by atoms with E-state index in [2.05, 4.69) is 5.16 Å². The van der Waals surface area contributed by atoms with E-state index in [0.29, 0.717) is 49.8 Å². The van der Waals surface area contributed by atoms with Crippen LogP contribution in [0.3, 0.4) is 0 Å². The number of carbonyl (C=O) groups excluding carboxylic acids is 2. The van der Waals surface area contributed by atoms with Crippen LogP contribution in [0.5, 0.6) is 0 Å². The van der Waals surface area contributed by atoms with E-state index in [1.54, 1.807) is 11.8 Å². The Bertz CT molecular complexity index is 611. The average Bonchev–Trinajstić information content (AvgIpc) is 3.23. The van der Waals surface area contributed by atoms with Crippen molar-refractivity contribution < 1.29 is 18.8 Å². The highest BCUT2D eigenvalue weighted by molar-refractivity contribution is 5.96. The van der Waals surface area contributed by atoms with Crippen molar-refractivity contribution in [3.05, 3.63) is 17.0 Å². The first-order valence-electron chi connectivity index (χ1n) is 8.65. The van der Waals surface area contributed by atoms with E-state index in [4.69, 9.17) is 9.26 Å². The first-order chi connectivity index (χ1) is 11.5. The summed E-state index contributed by atoms with van der Waals surface area (Å²) in [7, 11) is 0. The molecule has 0 N–H and O–H groups in total. The third-order valence-electron chi connectivity index (χ3n) is 4.71. The molecule has 1 aromatic heterocycles. The third-order valence-corrected chi connectivity index (χ3v) is 4.71. The number of aromatic nitrogens is 1. The van der Waals surface area contributed by atoms with Crippen LogP contribution in [0.1, 0.15) is 54.4 Å². The van der Waals surface area contributed by atoms with E-state index in [0.717, 1.165) is 12.8 Å². The number of hydrogen-bond donors (Lipinski definition) is 0. The molecule has 2 aliphatic heterocycles. The van der Waals surface area contributed by atoms with Crippen molar-refractivity contribution >= 4 is 11.8 Å². The SMILES string of the molecule is Cc1noc(C(C)C)c1C(=O)N1CCN(C(=O)C2CCCO2)CC1. The molecule has 0 aliphatic carbocycles. The normalized spacial score (nSPS) is 21.6. The van der Waals surface area contributed by atoms with Gasteiger partial charge in [0, 0.05) is 38.7 Å². The van der Waals surface area contributed by atoms with Crippen LogP contribution in [0.2, 0.25) is 0 Å². The van der Waals surface area contributed by atoms with Crippen LogP contribution >= 0.6 is 0 Å². The average molecular weight is 335 g/mol. The predicted octanol–water partition coefficient (Wildman–Crippen LogP) is 1.57. The summed E-state index contributed by atoms with van der Waals surface area (Å²) in [4.78, 5) is 28.8. The summed E-state index contributed by atoms with van der Waals surface area (Å²) >= 11 is 0. The summed E-state index contributed by atoms with van der Waals surface area (Å²) in [5, 5.41) is 3.95. The Labute approximate surface area is 141 Å². The smallest absolute Gasteiger partial charge is 0.259 e. The molecule has 0 radical (unpaired) electrons. The summed E-state index contributed by atoms with van der Waals surface area (Å²) in [5.74, 6) is 0.744. The Hall–Kier alpha value is -1.89. The van der Waals surface area contributed by atoms with Gasteiger partial charge in [0.1, 0.15) is 11.7 Å². The summed E-state index contributed by atoms with van der Waals surface area (Å²) in [6, 6.07) is 0. The minimum atomic E-state index is -0.292. The number of nitrogens with zero attached hydrogens (tertiary/aromatic N) is 3. The summed E-state index contributed by atoms with van der Waals surface area (Å²) < 4.78 is 10.8. The topological polar surface area (TPSA) is 75.9 Å². The van der Waals surface area contributed by atoms with Crippen molar-refractivity contribution in [1.29, 1.82) is 0 Å². The molecule has 7 nitrogen and oxygen atoms in total. The largest absolute Gasteiger partial charge is 0.368 e. The molecule has 2 amide bonds. The molecule has 0 bridgehead atoms. The van der Waals surface area contributed by atoms with E-state index >= 15 is 0 Å². The van der Waals surface area contributed by atoms with Crippen LogP contribution in [0.15, 0.2) is 4.52 Å². The number of amides is 2. The zero-order valence-corrected chi connectivity index (χ0v) is 14.6. The molecule has 2 aliphatic rings. The number of piperazine rings is 1. The molecule has 3 rings (SSSR count). The zero-order valence-electron chi connectivity index (χ0n) is 14.6. The number of carbonyl (C=O) groups is 2. The van der Waals surface area contributed by atoms with E-state index in [1.165, 1.54) is 0 Å². The third kappa shape index (κ3) is 3.17. The van der Waals surface area contributed by atoms with Crippen LogP contribution in [-0.4, -0.2) is 65.7 Å². The first-order valence-corrected chi connectivity index (χ1v) is 8.65. The number of rotatable bonds is 3. The fourth-order valence-corrected chi connectivity index (χ4v) is 3.31. The molecular weight excluding hydrogens is 310 g/mol. The lowest BCUT2D eigenvalue weighted by Gasteiger charge is -2.35. The Morgan fingerprint density at radius 2 is 1.83 bits per heavy atom. The lowest BCUT2D eigenvalue weighted by molar-refractivity contribution is -0.142. The number of ether oxygens (including phenoxy) is 1. The van der Waals surface area contributed by atoms with E-state index in [1.807, 2.05) is 18.7 Å². The lowest BCUT2D eigenvalue weighted by atomic mass is 10.0. The van der Waals surface area contributed by atoms with E-state index in [9.17, 15) is 9.59 Å². The highest BCUT2D eigenvalue weighted by atomic mass is 16.5. The predicted molar refractivity (Wildman–Crippen MR) is 86.8 cm³/mol. The van der Waals surface area contributed by atoms with Crippen molar-refractivity contribution in [1.82, 2.24) is 15.0 Å². The molecule has 7 heteroatoms. The lowest BCUT2D eigenvalue weighted by Crippen LogP contribution is -2.53. The second-order valence-corrected chi connectivity index (χ2v) is 6.78. The Kier molecular flexibility index (Phi) is 4.89. The molecular formula is C17H25N3O4. The van der Waals surface area contributed by atoms with Gasteiger partial charge < -0.3 is 19.1 Å². The van der Waals surface area contributed by atoms with Crippen molar-refractivity contribution in [3.8, 4) is 0 Å². The molecule has 2 saturated heterocycles. The van der Waals surface area contributed by atoms with Gasteiger partial charge in [0.15, 0.2) is 5.76 Å². The molecule has 1 atom stereocenters. The maximum absolute atomic E-state index is 12.8. The molecule has 132 valence electrons. The molecule has 3 heterocycles. The van der Waals surface area contributed by atoms with Crippen LogP contribution in [0, 0.1) is 6.92 Å². The van der Waals surface area contributed by atoms with Crippen molar-refractivity contribution in [3.63, 3.8) is 0 Å². The highest BCUT2D eigenvalue weighted by Crippen LogP contribution is 2.24. The minimum absolute atomic E-state index is 0.0540. The van der Waals surface area contributed by atoms with Gasteiger partial charge in [0.05, 0.1) is 5.69 Å². The number of aryl methyl sites for hydroxylation is 1. The summed E-state index contributed by atoms with van der Waals surface area (Å²) in [6.45, 7) is 8.57. The summed E-state index contributed by atoms with van der Waals surface area (Å²) in [6.07, 6.45) is 1.45. The van der Waals surface area contributed by atoms with Gasteiger partial charge in [-0.05, 0) is 19.8 Å². The maximum Gasteiger partial charge on any atom is 0.259 e. The second kappa shape index (κ2) is 6.93. The maximum atomic E-state index is 12.8. The van der Waals surface area contributed by atoms with Crippen LogP contribution in [-0.2, 0) is 9.53 Å². The van der Waals surface area contributed by atoms with E-state index < -0.39 is 0 Å². The molecule has 1 aromatic rings. The highest BCUT2D eigenvalue weighted by Gasteiger charge is 2.33. The van der Waals surface area contributed by atoms with Gasteiger partial charge in [-0.1, -0.05) is 19.0 Å². The molecule has 0 saturated carbocycles. The summed E-state index contributed by atoms with van der Waals surface area (Å²) in [5.41, 5.74) is 1.20. The van der Waals surface area contributed by atoms with Gasteiger partial charge in [-0.2, -0.15) is 0 Å². The Morgan fingerprint density at radius 3 is 2.42 bits per heavy atom. The standard InChI is InChI=1S/C17H25N3O4/c1-11(2)15-14(12(3)18-24-15)17(22)20-8-6-19(7-9-20)16(21)13-5-4-10-23-13/h11,13H,4-10H2,1-3H3. The first kappa shape index (κ1) is 17.0. The Morgan fingerprint density at radius 1 is 1.17 bits per heavy atom. The van der Waals surface area contributed by atoms with E-state index in [-0.39, 0.29) is 23.8 Å². The van der Waals surface area contributed by atoms with Crippen molar-refractivity contribution in [2.45, 2.75) is 45.6 Å². The molecule has 24 heavy (non-hydrogen) atoms. The van der Waals surface area contributed by atoms with Gasteiger partial charge in [0.2, 0.25) is 0 Å². The quantitative estimate of drug-likeness (QED) is 0.838. The molecule has 0 aromatic carbocycles. The second-order valence-electron chi connectivity index (χ2n) is 6.78. The van der Waals surface area contributed by atoms with Gasteiger partial charge >= 0.3 is 0 Å². The van der Waals surface area contributed by atoms with Gasteiger partial charge in [-0.25, -0.2) is 0 Å². The van der Waals surface area contributed by atoms with Crippen LogP contribution < -0.4 is 0 Å². The molecule has 2 fully saturated rings. The van der Waals surface area contributed by atoms with Gasteiger partial charge in [0.25, 0.3) is 11.8 Å². The van der Waals surface area contributed by atoms with Crippen molar-refractivity contribution in [2.24, 2.45) is 0 Å². The van der Waals surface area contributed by atoms with Crippen LogP contribution in [0.25, 0.3) is 0 Å². The van der Waals surface area contributed by atoms with Gasteiger partial charge in [-0.3, -0.25) is 9.59 Å². The van der Waals surface area contributed by atoms with Crippen molar-refractivity contribution in [2.75, 3.05) is 32.8 Å². The fourth-order valence-electron chi connectivity index (χ4n) is 3.31. The zero-order chi connectivity index (χ0) is 17.3. The molecule has 1 unspecified atom stereocenters. The van der Waals surface area contributed by atoms with Crippen LogP contribution in [0.4, 0.5) is 0 Å². The Balaban J connectivity index is 1.63. The minimum Gasteiger partial charge on any atom is -0.368 e. The van der Waals surface area contributed by atoms with Gasteiger partial charge in [-0.15, -0.1) is 0 Å². The number of hydrogen-bond acceptors (Lipinski definition) is 5. The monoisotopic (exact) mass is 335 g/mol. The fraction of sp³-hybridized carbons (Fsp3) is 0.706.